The highest BCUT2D eigenvalue weighted by atomic mass is 79.9. The molecule has 1 heterocycles. The molecule has 3 nitrogen and oxygen atoms in total. The summed E-state index contributed by atoms with van der Waals surface area (Å²) in [5, 5.41) is 2.28. The summed E-state index contributed by atoms with van der Waals surface area (Å²) in [4.78, 5) is 23.2. The maximum Gasteiger partial charge on any atom is 0.259 e. The van der Waals surface area contributed by atoms with Gasteiger partial charge in [0.1, 0.15) is 0 Å². The van der Waals surface area contributed by atoms with E-state index in [0.717, 1.165) is 13.4 Å². The Bertz CT molecular complexity index is 555. The third-order valence-corrected chi connectivity index (χ3v) is 4.14. The van der Waals surface area contributed by atoms with Gasteiger partial charge in [0, 0.05) is 24.6 Å². The normalized spacial score (nSPS) is 15.5. The number of rotatable bonds is 1. The Morgan fingerprint density at radius 1 is 1.00 bits per heavy atom. The quantitative estimate of drug-likeness (QED) is 0.704. The fraction of sp³-hybridized carbons (Fsp3) is 0.0909. The third kappa shape index (κ3) is 2.26. The van der Waals surface area contributed by atoms with Gasteiger partial charge in [0.05, 0.1) is 5.57 Å². The molecule has 0 atom stereocenters. The van der Waals surface area contributed by atoms with Crippen LogP contribution in [0.4, 0.5) is 0 Å². The summed E-state index contributed by atoms with van der Waals surface area (Å²) in [5.41, 5.74) is 1.52. The van der Waals surface area contributed by atoms with Crippen molar-refractivity contribution < 1.29 is 9.59 Å². The molecule has 2 amide bonds. The summed E-state index contributed by atoms with van der Waals surface area (Å²) >= 11 is 10.1. The van der Waals surface area contributed by atoms with E-state index in [2.05, 4.69) is 53.1 Å². The molecule has 0 bridgehead atoms. The minimum Gasteiger partial charge on any atom is -0.288 e. The van der Waals surface area contributed by atoms with Crippen molar-refractivity contribution in [3.63, 3.8) is 0 Å². The van der Waals surface area contributed by atoms with Crippen LogP contribution >= 0.6 is 47.8 Å². The Morgan fingerprint density at radius 3 is 1.94 bits per heavy atom. The standard InChI is InChI=1S/C11H6Br3NO2/c1-4-8(11(17)15-10(4)16)9-6(13)2-5(12)3-7(9)14/h2-3H,1H3,(H,15,16,17). The predicted octanol–water partition coefficient (Wildman–Crippen LogP) is 3.40. The molecule has 1 aliphatic rings. The summed E-state index contributed by atoms with van der Waals surface area (Å²) in [5.74, 6) is -0.706. The molecule has 0 aromatic heterocycles. The summed E-state index contributed by atoms with van der Waals surface area (Å²) in [6.07, 6.45) is 0. The van der Waals surface area contributed by atoms with E-state index in [0.29, 0.717) is 16.7 Å². The van der Waals surface area contributed by atoms with Crippen molar-refractivity contribution in [1.29, 1.82) is 0 Å². The number of amides is 2. The number of hydrogen-bond donors (Lipinski definition) is 1. The predicted molar refractivity (Wildman–Crippen MR) is 75.3 cm³/mol. The van der Waals surface area contributed by atoms with Gasteiger partial charge < -0.3 is 0 Å². The molecule has 0 fully saturated rings. The van der Waals surface area contributed by atoms with Gasteiger partial charge in [-0.05, 0) is 19.1 Å². The minimum atomic E-state index is -0.365. The molecule has 1 aromatic rings. The molecule has 0 unspecified atom stereocenters. The zero-order chi connectivity index (χ0) is 12.7. The molecular formula is C11H6Br3NO2. The molecule has 88 valence electrons. The SMILES string of the molecule is CC1=C(c2c(Br)cc(Br)cc2Br)C(=O)NC1=O. The van der Waals surface area contributed by atoms with Gasteiger partial charge >= 0.3 is 0 Å². The Balaban J connectivity index is 2.71. The molecule has 0 saturated carbocycles. The fourth-order valence-corrected chi connectivity index (χ4v) is 4.28. The Hall–Kier alpha value is -0.460. The maximum absolute atomic E-state index is 11.7. The number of nitrogens with one attached hydrogen (secondary N) is 1. The second-order valence-electron chi connectivity index (χ2n) is 3.53. The third-order valence-electron chi connectivity index (χ3n) is 2.43. The molecule has 17 heavy (non-hydrogen) atoms. The van der Waals surface area contributed by atoms with Gasteiger partial charge in [-0.25, -0.2) is 0 Å². The van der Waals surface area contributed by atoms with Crippen LogP contribution in [0.15, 0.2) is 31.1 Å². The highest BCUT2D eigenvalue weighted by Crippen LogP contribution is 2.37. The van der Waals surface area contributed by atoms with Crippen molar-refractivity contribution in [2.45, 2.75) is 6.92 Å². The van der Waals surface area contributed by atoms with Crippen LogP contribution in [0.25, 0.3) is 5.57 Å². The molecule has 0 radical (unpaired) electrons. The van der Waals surface area contributed by atoms with Crippen molar-refractivity contribution in [2.75, 3.05) is 0 Å². The van der Waals surface area contributed by atoms with Crippen LogP contribution in [0.3, 0.4) is 0 Å². The molecule has 0 spiro atoms. The molecule has 1 aliphatic heterocycles. The number of hydrogen-bond acceptors (Lipinski definition) is 2. The van der Waals surface area contributed by atoms with Crippen molar-refractivity contribution in [3.8, 4) is 0 Å². The van der Waals surface area contributed by atoms with Crippen LogP contribution in [0.5, 0.6) is 0 Å². The summed E-state index contributed by atoms with van der Waals surface area (Å²) in [7, 11) is 0. The van der Waals surface area contributed by atoms with Gasteiger partial charge in [-0.15, -0.1) is 0 Å². The second-order valence-corrected chi connectivity index (χ2v) is 6.15. The summed E-state index contributed by atoms with van der Waals surface area (Å²) in [6.45, 7) is 1.64. The van der Waals surface area contributed by atoms with E-state index >= 15 is 0 Å². The lowest BCUT2D eigenvalue weighted by Gasteiger charge is -2.08. The molecule has 6 heteroatoms. The minimum absolute atomic E-state index is 0.341. The summed E-state index contributed by atoms with van der Waals surface area (Å²) in [6, 6.07) is 3.66. The van der Waals surface area contributed by atoms with Gasteiger partial charge in [0.25, 0.3) is 11.8 Å². The zero-order valence-electron chi connectivity index (χ0n) is 8.61. The van der Waals surface area contributed by atoms with Crippen molar-refractivity contribution in [1.82, 2.24) is 5.32 Å². The lowest BCUT2D eigenvalue weighted by Crippen LogP contribution is -2.22. The molecule has 1 aromatic carbocycles. The maximum atomic E-state index is 11.7. The monoisotopic (exact) mass is 421 g/mol. The highest BCUT2D eigenvalue weighted by molar-refractivity contribution is 9.11. The van der Waals surface area contributed by atoms with Gasteiger partial charge in [-0.2, -0.15) is 0 Å². The van der Waals surface area contributed by atoms with E-state index in [9.17, 15) is 9.59 Å². The average molecular weight is 424 g/mol. The van der Waals surface area contributed by atoms with Crippen LogP contribution < -0.4 is 5.32 Å². The molecule has 0 saturated heterocycles. The van der Waals surface area contributed by atoms with E-state index < -0.39 is 0 Å². The number of carbonyl (C=O) groups excluding carboxylic acids is 2. The number of imide groups is 1. The molecule has 0 aliphatic carbocycles. The topological polar surface area (TPSA) is 46.2 Å². The summed E-state index contributed by atoms with van der Waals surface area (Å²) < 4.78 is 2.37. The molecule has 2 rings (SSSR count). The lowest BCUT2D eigenvalue weighted by molar-refractivity contribution is -0.123. The van der Waals surface area contributed by atoms with Gasteiger partial charge in [-0.3, -0.25) is 14.9 Å². The van der Waals surface area contributed by atoms with Crippen LogP contribution in [0.2, 0.25) is 0 Å². The second kappa shape index (κ2) is 4.66. The number of halogens is 3. The lowest BCUT2D eigenvalue weighted by atomic mass is 10.0. The van der Waals surface area contributed by atoms with Crippen molar-refractivity contribution in [3.05, 3.63) is 36.7 Å². The Kier molecular flexibility index (Phi) is 3.56. The first-order chi connectivity index (χ1) is 7.91. The van der Waals surface area contributed by atoms with Crippen LogP contribution in [0.1, 0.15) is 12.5 Å². The van der Waals surface area contributed by atoms with E-state index in [4.69, 9.17) is 0 Å². The highest BCUT2D eigenvalue weighted by Gasteiger charge is 2.30. The average Bonchev–Trinajstić information content (AvgIpc) is 2.43. The van der Waals surface area contributed by atoms with Crippen molar-refractivity contribution >= 4 is 65.2 Å². The van der Waals surface area contributed by atoms with E-state index in [1.54, 1.807) is 6.92 Å². The smallest absolute Gasteiger partial charge is 0.259 e. The Morgan fingerprint density at radius 2 is 1.53 bits per heavy atom. The number of carbonyl (C=O) groups is 2. The van der Waals surface area contributed by atoms with Gasteiger partial charge in [0.2, 0.25) is 0 Å². The van der Waals surface area contributed by atoms with Gasteiger partial charge in [-0.1, -0.05) is 47.8 Å². The van der Waals surface area contributed by atoms with Crippen LogP contribution in [0, 0.1) is 0 Å². The van der Waals surface area contributed by atoms with E-state index in [1.165, 1.54) is 0 Å². The molecule has 1 N–H and O–H groups in total. The first-order valence-electron chi connectivity index (χ1n) is 4.63. The Labute approximate surface area is 123 Å². The molecular weight excluding hydrogens is 418 g/mol. The first kappa shape index (κ1) is 13.0. The number of benzene rings is 1. The first-order valence-corrected chi connectivity index (χ1v) is 7.01. The van der Waals surface area contributed by atoms with E-state index in [-0.39, 0.29) is 11.8 Å². The van der Waals surface area contributed by atoms with Crippen LogP contribution in [-0.4, -0.2) is 11.8 Å². The zero-order valence-corrected chi connectivity index (χ0v) is 13.4. The van der Waals surface area contributed by atoms with Crippen LogP contribution in [-0.2, 0) is 9.59 Å². The van der Waals surface area contributed by atoms with Gasteiger partial charge in [0.15, 0.2) is 0 Å². The largest absolute Gasteiger partial charge is 0.288 e. The van der Waals surface area contributed by atoms with Crippen molar-refractivity contribution in [2.24, 2.45) is 0 Å². The fourth-order valence-electron chi connectivity index (χ4n) is 1.63. The van der Waals surface area contributed by atoms with E-state index in [1.807, 2.05) is 12.1 Å².